The van der Waals surface area contributed by atoms with Crippen LogP contribution in [0.15, 0.2) is 53.6 Å². The zero-order valence-electron chi connectivity index (χ0n) is 35.0. The summed E-state index contributed by atoms with van der Waals surface area (Å²) in [6.07, 6.45) is 10.1. The monoisotopic (exact) mass is 940 g/mol. The number of hydrogen-bond acceptors (Lipinski definition) is 11. The van der Waals surface area contributed by atoms with E-state index in [1.54, 1.807) is 29.8 Å². The van der Waals surface area contributed by atoms with Crippen LogP contribution in [0.4, 0.5) is 11.5 Å². The standard InChI is InChI=1S/C46H53IN8O6/c1-50-25-36(34-21-41(53-12-3-13-53)48-22-35(34)44(50)58)31-18-39(60-2)37(40(19-31)61-47)26-51-14-8-29(9-15-51)23-52-16-10-46(11-17-52)27-54(28-46)32-5-4-30-24-55(45(59)33(30)20-32)38-6-7-42(56)49-43(38)57/h4-5,18-22,25,29,38H,3,6-17,23-24,26-28H2,1-2H3,(H,49,56,57)/t38-/m0/s1. The van der Waals surface area contributed by atoms with Gasteiger partial charge in [-0.2, -0.15) is 0 Å². The topological polar surface area (TPSA) is 133 Å². The molecule has 5 saturated heterocycles. The summed E-state index contributed by atoms with van der Waals surface area (Å²) < 4.78 is 13.7. The van der Waals surface area contributed by atoms with E-state index in [2.05, 4.69) is 48.1 Å². The Morgan fingerprint density at radius 1 is 0.869 bits per heavy atom. The van der Waals surface area contributed by atoms with Crippen molar-refractivity contribution in [3.63, 3.8) is 0 Å². The van der Waals surface area contributed by atoms with Crippen LogP contribution >= 0.6 is 23.0 Å². The van der Waals surface area contributed by atoms with E-state index in [0.717, 1.165) is 135 Å². The first-order chi connectivity index (χ1) is 29.6. The Hall–Kier alpha value is -4.74. The molecule has 10 rings (SSSR count). The van der Waals surface area contributed by atoms with Gasteiger partial charge in [0, 0.05) is 99.3 Å². The van der Waals surface area contributed by atoms with Gasteiger partial charge < -0.3 is 32.0 Å². The number of pyridine rings is 2. The molecule has 4 aromatic rings. The molecule has 1 spiro atoms. The first-order valence-electron chi connectivity index (χ1n) is 21.8. The number of nitrogens with zero attached hydrogens (tertiary/aromatic N) is 7. The average molecular weight is 941 g/mol. The highest BCUT2D eigenvalue weighted by molar-refractivity contribution is 14.1. The van der Waals surface area contributed by atoms with E-state index < -0.39 is 6.04 Å². The normalized spacial score (nSPS) is 22.0. The number of aromatic nitrogens is 2. The van der Waals surface area contributed by atoms with Crippen LogP contribution in [-0.2, 0) is 29.7 Å². The molecule has 1 atom stereocenters. The van der Waals surface area contributed by atoms with E-state index in [1.807, 2.05) is 47.4 Å². The number of carbonyl (C=O) groups excluding carboxylic acids is 3. The van der Waals surface area contributed by atoms with E-state index in [9.17, 15) is 19.2 Å². The van der Waals surface area contributed by atoms with Gasteiger partial charge in [0.25, 0.3) is 11.5 Å². The summed E-state index contributed by atoms with van der Waals surface area (Å²) >= 11 is 1.97. The fourth-order valence-corrected chi connectivity index (χ4v) is 11.0. The van der Waals surface area contributed by atoms with Crippen LogP contribution in [0.1, 0.15) is 66.4 Å². The number of aryl methyl sites for hydroxylation is 1. The molecule has 0 aliphatic carbocycles. The molecule has 2 aromatic heterocycles. The van der Waals surface area contributed by atoms with Crippen LogP contribution in [0, 0.1) is 11.3 Å². The summed E-state index contributed by atoms with van der Waals surface area (Å²) in [6.45, 7) is 10.6. The predicted molar refractivity (Wildman–Crippen MR) is 241 cm³/mol. The number of piperidine rings is 3. The van der Waals surface area contributed by atoms with Crippen molar-refractivity contribution in [1.82, 2.24) is 29.6 Å². The summed E-state index contributed by atoms with van der Waals surface area (Å²) in [7, 11) is 3.50. The Balaban J connectivity index is 0.727. The molecule has 0 radical (unpaired) electrons. The van der Waals surface area contributed by atoms with Crippen LogP contribution in [0.25, 0.3) is 21.9 Å². The lowest BCUT2D eigenvalue weighted by atomic mass is 9.71. The smallest absolute Gasteiger partial charge is 0.259 e. The third kappa shape index (κ3) is 7.53. The van der Waals surface area contributed by atoms with Crippen molar-refractivity contribution in [3.8, 4) is 22.6 Å². The van der Waals surface area contributed by atoms with Crippen LogP contribution < -0.4 is 28.5 Å². The molecule has 2 aromatic carbocycles. The lowest BCUT2D eigenvalue weighted by Crippen LogP contribution is -2.60. The molecule has 3 amide bonds. The molecule has 0 bridgehead atoms. The zero-order valence-corrected chi connectivity index (χ0v) is 37.1. The molecule has 14 nitrogen and oxygen atoms in total. The number of hydrogen-bond donors (Lipinski definition) is 1. The number of fused-ring (bicyclic) bond motifs is 2. The molecule has 1 N–H and O–H groups in total. The van der Waals surface area contributed by atoms with E-state index in [0.29, 0.717) is 35.2 Å². The van der Waals surface area contributed by atoms with Gasteiger partial charge in [-0.15, -0.1) is 0 Å². The summed E-state index contributed by atoms with van der Waals surface area (Å²) in [5.41, 5.74) is 5.88. The third-order valence-corrected chi connectivity index (χ3v) is 14.9. The van der Waals surface area contributed by atoms with E-state index >= 15 is 0 Å². The second kappa shape index (κ2) is 16.2. The van der Waals surface area contributed by atoms with Gasteiger partial charge in [0.05, 0.1) is 18.1 Å². The fraction of sp³-hybridized carbons (Fsp3) is 0.500. The van der Waals surface area contributed by atoms with Crippen molar-refractivity contribution in [3.05, 3.63) is 75.8 Å². The van der Waals surface area contributed by atoms with E-state index in [1.165, 1.54) is 12.8 Å². The Labute approximate surface area is 369 Å². The lowest BCUT2D eigenvalue weighted by molar-refractivity contribution is -0.136. The summed E-state index contributed by atoms with van der Waals surface area (Å²) in [5, 5.41) is 3.87. The molecular weight excluding hydrogens is 887 g/mol. The maximum atomic E-state index is 13.4. The Morgan fingerprint density at radius 2 is 1.64 bits per heavy atom. The summed E-state index contributed by atoms with van der Waals surface area (Å²) in [5.74, 6) is 2.37. The molecule has 8 heterocycles. The van der Waals surface area contributed by atoms with Crippen molar-refractivity contribution in [2.45, 2.75) is 64.1 Å². The molecular formula is C46H53IN8O6. The minimum absolute atomic E-state index is 0.0654. The Kier molecular flexibility index (Phi) is 10.7. The highest BCUT2D eigenvalue weighted by Crippen LogP contribution is 2.44. The molecule has 320 valence electrons. The Morgan fingerprint density at radius 3 is 2.34 bits per heavy atom. The van der Waals surface area contributed by atoms with E-state index in [-0.39, 0.29) is 29.7 Å². The maximum absolute atomic E-state index is 13.4. The van der Waals surface area contributed by atoms with Gasteiger partial charge in [-0.25, -0.2) is 4.98 Å². The summed E-state index contributed by atoms with van der Waals surface area (Å²) in [6, 6.07) is 11.8. The van der Waals surface area contributed by atoms with Crippen molar-refractivity contribution >= 4 is 63.0 Å². The zero-order chi connectivity index (χ0) is 42.0. The maximum Gasteiger partial charge on any atom is 0.259 e. The lowest BCUT2D eigenvalue weighted by Gasteiger charge is -2.55. The minimum atomic E-state index is -0.590. The van der Waals surface area contributed by atoms with Gasteiger partial charge in [-0.3, -0.25) is 29.4 Å². The van der Waals surface area contributed by atoms with Gasteiger partial charge in [0.15, 0.2) is 23.0 Å². The predicted octanol–water partition coefficient (Wildman–Crippen LogP) is 5.12. The first-order valence-corrected chi connectivity index (χ1v) is 22.7. The second-order valence-corrected chi connectivity index (χ2v) is 18.7. The van der Waals surface area contributed by atoms with E-state index in [4.69, 9.17) is 7.80 Å². The van der Waals surface area contributed by atoms with Crippen LogP contribution in [-0.4, -0.2) is 114 Å². The number of likely N-dealkylation sites (tertiary alicyclic amines) is 2. The molecule has 15 heteroatoms. The van der Waals surface area contributed by atoms with Crippen LogP contribution in [0.3, 0.4) is 0 Å². The molecule has 0 unspecified atom stereocenters. The number of anilines is 2. The van der Waals surface area contributed by atoms with Crippen molar-refractivity contribution < 1.29 is 22.2 Å². The first kappa shape index (κ1) is 40.3. The summed E-state index contributed by atoms with van der Waals surface area (Å²) in [4.78, 5) is 66.8. The van der Waals surface area contributed by atoms with Crippen molar-refractivity contribution in [2.75, 3.05) is 75.8 Å². The number of amides is 3. The average Bonchev–Trinajstić information content (AvgIpc) is 3.56. The highest BCUT2D eigenvalue weighted by atomic mass is 127. The van der Waals surface area contributed by atoms with Crippen molar-refractivity contribution in [2.24, 2.45) is 18.4 Å². The van der Waals surface area contributed by atoms with Gasteiger partial charge in [0.2, 0.25) is 11.8 Å². The van der Waals surface area contributed by atoms with Crippen LogP contribution in [0.2, 0.25) is 0 Å². The van der Waals surface area contributed by atoms with Gasteiger partial charge in [-0.05, 0) is 112 Å². The SMILES string of the molecule is COc1cc(-c2cn(C)c(=O)c3cnc(N4CCC4)cc23)cc(OI)c1CN1CCC(CN2CCC3(CC2)CN(c2ccc4c(c2)C(=O)N([C@H]2CCC(=O)NC2=O)C4)C3)CC1. The minimum Gasteiger partial charge on any atom is -0.496 e. The number of halogens is 1. The molecule has 0 saturated carbocycles. The number of benzene rings is 2. The highest BCUT2D eigenvalue weighted by Gasteiger charge is 2.46. The van der Waals surface area contributed by atoms with Crippen molar-refractivity contribution in [1.29, 1.82) is 0 Å². The van der Waals surface area contributed by atoms with Gasteiger partial charge >= 0.3 is 0 Å². The number of ether oxygens (including phenoxy) is 1. The second-order valence-electron chi connectivity index (χ2n) is 18.2. The number of carbonyl (C=O) groups is 3. The third-order valence-electron chi connectivity index (χ3n) is 14.5. The van der Waals surface area contributed by atoms with Gasteiger partial charge in [-0.1, -0.05) is 6.07 Å². The largest absolute Gasteiger partial charge is 0.496 e. The number of nitrogens with one attached hydrogen (secondary N) is 1. The molecule has 6 aliphatic heterocycles. The number of imide groups is 1. The molecule has 6 aliphatic rings. The number of methoxy groups -OCH3 is 1. The van der Waals surface area contributed by atoms with Crippen LogP contribution in [0.5, 0.6) is 11.5 Å². The number of rotatable bonds is 10. The molecule has 5 fully saturated rings. The quantitative estimate of drug-likeness (QED) is 0.168. The van der Waals surface area contributed by atoms with Gasteiger partial charge in [0.1, 0.15) is 23.4 Å². The Bertz CT molecular complexity index is 2440. The molecule has 61 heavy (non-hydrogen) atoms. The fourth-order valence-electron chi connectivity index (χ4n) is 10.6.